The van der Waals surface area contributed by atoms with Crippen LogP contribution in [0.2, 0.25) is 0 Å². The molecule has 0 radical (unpaired) electrons. The van der Waals surface area contributed by atoms with Gasteiger partial charge in [-0.15, -0.1) is 0 Å². The smallest absolute Gasteiger partial charge is 0.193 e. The summed E-state index contributed by atoms with van der Waals surface area (Å²) in [6.45, 7) is 0.775. The van der Waals surface area contributed by atoms with Crippen molar-refractivity contribution in [2.75, 3.05) is 6.61 Å². The molecular weight excluding hydrogens is 351 g/mol. The molecule has 0 N–H and O–H groups in total. The largest absolute Gasteiger partial charge is 0.493 e. The van der Waals surface area contributed by atoms with Gasteiger partial charge < -0.3 is 4.74 Å². The summed E-state index contributed by atoms with van der Waals surface area (Å²) in [5.74, 6) is 0.996. The quantitative estimate of drug-likeness (QED) is 0.598. The van der Waals surface area contributed by atoms with Crippen LogP contribution < -0.4 is 4.74 Å². The van der Waals surface area contributed by atoms with E-state index >= 15 is 0 Å². The number of carbonyl (C=O) groups excluding carboxylic acids is 1. The molecule has 19 heavy (non-hydrogen) atoms. The third-order valence-electron chi connectivity index (χ3n) is 3.28. The van der Waals surface area contributed by atoms with Crippen LogP contribution in [0, 0.1) is 3.57 Å². The summed E-state index contributed by atoms with van der Waals surface area (Å²) in [6, 6.07) is 13.4. The summed E-state index contributed by atoms with van der Waals surface area (Å²) < 4.78 is 6.70. The van der Waals surface area contributed by atoms with E-state index in [0.717, 1.165) is 45.5 Å². The van der Waals surface area contributed by atoms with E-state index in [1.165, 1.54) is 0 Å². The highest BCUT2D eigenvalue weighted by Gasteiger charge is 2.14. The molecule has 1 aliphatic heterocycles. The lowest BCUT2D eigenvalue weighted by molar-refractivity contribution is 0.103. The van der Waals surface area contributed by atoms with Crippen LogP contribution in [-0.2, 0) is 6.42 Å². The average Bonchev–Trinajstić information content (AvgIpc) is 2.47. The molecule has 0 spiro atoms. The van der Waals surface area contributed by atoms with E-state index in [9.17, 15) is 4.79 Å². The topological polar surface area (TPSA) is 26.3 Å². The van der Waals surface area contributed by atoms with E-state index in [4.69, 9.17) is 4.74 Å². The number of hydrogen-bond acceptors (Lipinski definition) is 2. The van der Waals surface area contributed by atoms with Crippen LogP contribution >= 0.6 is 22.6 Å². The number of benzene rings is 2. The maximum absolute atomic E-state index is 12.4. The highest BCUT2D eigenvalue weighted by molar-refractivity contribution is 14.1. The first kappa shape index (κ1) is 12.7. The maximum atomic E-state index is 12.4. The number of ketones is 1. The minimum Gasteiger partial charge on any atom is -0.493 e. The Kier molecular flexibility index (Phi) is 3.55. The van der Waals surface area contributed by atoms with Crippen molar-refractivity contribution in [1.29, 1.82) is 0 Å². The van der Waals surface area contributed by atoms with Gasteiger partial charge in [0, 0.05) is 14.7 Å². The molecule has 2 nitrogen and oxygen atoms in total. The molecule has 0 amide bonds. The number of hydrogen-bond donors (Lipinski definition) is 0. The van der Waals surface area contributed by atoms with Crippen LogP contribution in [0.25, 0.3) is 0 Å². The standard InChI is InChI=1S/C16H13IO2/c17-14-6-3-11(4-7-14)16(18)13-5-8-15-12(10-13)2-1-9-19-15/h3-8,10H,1-2,9H2. The van der Waals surface area contributed by atoms with Gasteiger partial charge in [0.25, 0.3) is 0 Å². The Morgan fingerprint density at radius 3 is 2.58 bits per heavy atom. The lowest BCUT2D eigenvalue weighted by Gasteiger charge is -2.17. The van der Waals surface area contributed by atoms with Crippen molar-refractivity contribution < 1.29 is 9.53 Å². The Balaban J connectivity index is 1.93. The zero-order valence-electron chi connectivity index (χ0n) is 10.4. The Morgan fingerprint density at radius 1 is 1.05 bits per heavy atom. The molecule has 3 heteroatoms. The fourth-order valence-corrected chi connectivity index (χ4v) is 2.63. The summed E-state index contributed by atoms with van der Waals surface area (Å²) >= 11 is 2.23. The number of aryl methyl sites for hydroxylation is 1. The zero-order chi connectivity index (χ0) is 13.2. The summed E-state index contributed by atoms with van der Waals surface area (Å²) in [7, 11) is 0. The van der Waals surface area contributed by atoms with Gasteiger partial charge in [-0.3, -0.25) is 4.79 Å². The number of ether oxygens (including phenoxy) is 1. The van der Waals surface area contributed by atoms with E-state index in [-0.39, 0.29) is 5.78 Å². The van der Waals surface area contributed by atoms with Crippen LogP contribution in [0.15, 0.2) is 42.5 Å². The van der Waals surface area contributed by atoms with Gasteiger partial charge in [0.2, 0.25) is 0 Å². The van der Waals surface area contributed by atoms with Gasteiger partial charge in [-0.2, -0.15) is 0 Å². The molecular formula is C16H13IO2. The Labute approximate surface area is 125 Å². The molecule has 0 saturated carbocycles. The SMILES string of the molecule is O=C(c1ccc(I)cc1)c1ccc2c(c1)CCCO2. The van der Waals surface area contributed by atoms with E-state index in [2.05, 4.69) is 22.6 Å². The Bertz CT molecular complexity index is 617. The summed E-state index contributed by atoms with van der Waals surface area (Å²) in [5, 5.41) is 0. The zero-order valence-corrected chi connectivity index (χ0v) is 12.5. The van der Waals surface area contributed by atoms with Crippen molar-refractivity contribution in [3.05, 3.63) is 62.7 Å². The predicted molar refractivity (Wildman–Crippen MR) is 82.8 cm³/mol. The minimum absolute atomic E-state index is 0.0739. The highest BCUT2D eigenvalue weighted by atomic mass is 127. The van der Waals surface area contributed by atoms with Crippen LogP contribution in [0.3, 0.4) is 0 Å². The van der Waals surface area contributed by atoms with Crippen LogP contribution in [0.1, 0.15) is 27.9 Å². The maximum Gasteiger partial charge on any atom is 0.193 e. The van der Waals surface area contributed by atoms with Crippen molar-refractivity contribution in [1.82, 2.24) is 0 Å². The Hall–Kier alpha value is -1.36. The summed E-state index contributed by atoms with van der Waals surface area (Å²) in [5.41, 5.74) is 2.62. The van der Waals surface area contributed by atoms with E-state index in [1.807, 2.05) is 42.5 Å². The predicted octanol–water partition coefficient (Wildman–Crippen LogP) is 3.85. The van der Waals surface area contributed by atoms with Crippen molar-refractivity contribution in [3.8, 4) is 5.75 Å². The molecule has 3 rings (SSSR count). The molecule has 0 atom stereocenters. The fourth-order valence-electron chi connectivity index (χ4n) is 2.27. The first-order valence-electron chi connectivity index (χ1n) is 6.30. The van der Waals surface area contributed by atoms with Crippen LogP contribution in [0.5, 0.6) is 5.75 Å². The second-order valence-corrected chi connectivity index (χ2v) is 5.86. The highest BCUT2D eigenvalue weighted by Crippen LogP contribution is 2.26. The third-order valence-corrected chi connectivity index (χ3v) is 4.00. The number of carbonyl (C=O) groups is 1. The van der Waals surface area contributed by atoms with Crippen molar-refractivity contribution in [2.24, 2.45) is 0 Å². The molecule has 2 aromatic carbocycles. The van der Waals surface area contributed by atoms with Crippen molar-refractivity contribution in [2.45, 2.75) is 12.8 Å². The normalized spacial score (nSPS) is 13.5. The summed E-state index contributed by atoms with van der Waals surface area (Å²) in [4.78, 5) is 12.4. The monoisotopic (exact) mass is 364 g/mol. The van der Waals surface area contributed by atoms with Crippen LogP contribution in [-0.4, -0.2) is 12.4 Å². The number of fused-ring (bicyclic) bond motifs is 1. The number of halogens is 1. The lowest BCUT2D eigenvalue weighted by atomic mass is 9.98. The molecule has 96 valence electrons. The first-order chi connectivity index (χ1) is 9.24. The molecule has 0 saturated heterocycles. The first-order valence-corrected chi connectivity index (χ1v) is 7.38. The molecule has 0 aliphatic carbocycles. The van der Waals surface area contributed by atoms with Gasteiger partial charge in [0.05, 0.1) is 6.61 Å². The molecule has 1 heterocycles. The van der Waals surface area contributed by atoms with Crippen molar-refractivity contribution in [3.63, 3.8) is 0 Å². The van der Waals surface area contributed by atoms with E-state index in [0.29, 0.717) is 0 Å². The molecule has 0 fully saturated rings. The third kappa shape index (κ3) is 2.66. The number of rotatable bonds is 2. The average molecular weight is 364 g/mol. The second-order valence-electron chi connectivity index (χ2n) is 4.61. The van der Waals surface area contributed by atoms with Gasteiger partial charge in [-0.05, 0) is 83.5 Å². The van der Waals surface area contributed by atoms with Gasteiger partial charge in [-0.25, -0.2) is 0 Å². The Morgan fingerprint density at radius 2 is 1.79 bits per heavy atom. The van der Waals surface area contributed by atoms with Gasteiger partial charge in [0.15, 0.2) is 5.78 Å². The van der Waals surface area contributed by atoms with Gasteiger partial charge in [0.1, 0.15) is 5.75 Å². The molecule has 1 aliphatic rings. The van der Waals surface area contributed by atoms with E-state index in [1.54, 1.807) is 0 Å². The molecule has 0 bridgehead atoms. The fraction of sp³-hybridized carbons (Fsp3) is 0.188. The minimum atomic E-state index is 0.0739. The van der Waals surface area contributed by atoms with E-state index < -0.39 is 0 Å². The molecule has 0 aromatic heterocycles. The van der Waals surface area contributed by atoms with Gasteiger partial charge >= 0.3 is 0 Å². The second kappa shape index (κ2) is 5.33. The van der Waals surface area contributed by atoms with Gasteiger partial charge in [-0.1, -0.05) is 0 Å². The molecule has 2 aromatic rings. The van der Waals surface area contributed by atoms with Crippen molar-refractivity contribution >= 4 is 28.4 Å². The summed E-state index contributed by atoms with van der Waals surface area (Å²) in [6.07, 6.45) is 2.01. The molecule has 0 unspecified atom stereocenters. The lowest BCUT2D eigenvalue weighted by Crippen LogP contribution is -2.10. The van der Waals surface area contributed by atoms with Crippen LogP contribution in [0.4, 0.5) is 0 Å².